The fraction of sp³-hybridized carbons (Fsp3) is 0.304. The Hall–Kier alpha value is -2.92. The second kappa shape index (κ2) is 7.60. The Morgan fingerprint density at radius 3 is 2.50 bits per heavy atom. The van der Waals surface area contributed by atoms with Gasteiger partial charge in [-0.2, -0.15) is 0 Å². The Balaban J connectivity index is 1.43. The summed E-state index contributed by atoms with van der Waals surface area (Å²) in [5, 5.41) is 1.06. The number of H-pyrrole nitrogens is 1. The molecule has 0 bridgehead atoms. The molecule has 4 rings (SSSR count). The number of hydrogen-bond acceptors (Lipinski definition) is 3. The van der Waals surface area contributed by atoms with Crippen molar-refractivity contribution in [3.05, 3.63) is 81.1 Å². The number of benzene rings is 2. The summed E-state index contributed by atoms with van der Waals surface area (Å²) in [5.74, 6) is 0.0855. The molecule has 5 nitrogen and oxygen atoms in total. The molecule has 1 saturated heterocycles. The zero-order valence-corrected chi connectivity index (χ0v) is 16.4. The Kier molecular flexibility index (Phi) is 5.01. The van der Waals surface area contributed by atoms with Crippen LogP contribution in [0.4, 0.5) is 0 Å². The highest BCUT2D eigenvalue weighted by molar-refractivity contribution is 5.94. The molecular formula is C23H25N3O2. The Morgan fingerprint density at radius 2 is 1.75 bits per heavy atom. The van der Waals surface area contributed by atoms with Crippen LogP contribution in [0.15, 0.2) is 53.3 Å². The quantitative estimate of drug-likeness (QED) is 0.765. The molecule has 1 aromatic heterocycles. The first-order valence-electron chi connectivity index (χ1n) is 9.71. The van der Waals surface area contributed by atoms with Gasteiger partial charge in [0.2, 0.25) is 0 Å². The number of amides is 1. The number of para-hydroxylation sites is 1. The molecule has 1 N–H and O–H groups in total. The highest BCUT2D eigenvalue weighted by atomic mass is 16.2. The minimum atomic E-state index is -0.0277. The van der Waals surface area contributed by atoms with Crippen molar-refractivity contribution in [3.8, 4) is 0 Å². The van der Waals surface area contributed by atoms with Gasteiger partial charge in [0, 0.05) is 43.9 Å². The topological polar surface area (TPSA) is 56.4 Å². The minimum absolute atomic E-state index is 0.0277. The van der Waals surface area contributed by atoms with Crippen molar-refractivity contribution in [2.45, 2.75) is 20.4 Å². The van der Waals surface area contributed by atoms with E-state index in [1.807, 2.05) is 67.3 Å². The number of aryl methyl sites for hydroxylation is 2. The zero-order valence-electron chi connectivity index (χ0n) is 16.4. The van der Waals surface area contributed by atoms with Crippen LogP contribution >= 0.6 is 0 Å². The number of hydrogen-bond donors (Lipinski definition) is 1. The van der Waals surface area contributed by atoms with E-state index in [1.54, 1.807) is 0 Å². The average Bonchev–Trinajstić information content (AvgIpc) is 2.69. The largest absolute Gasteiger partial charge is 0.336 e. The van der Waals surface area contributed by atoms with E-state index in [-0.39, 0.29) is 11.5 Å². The lowest BCUT2D eigenvalue weighted by atomic mass is 10.1. The standard InChI is InChI=1S/C23H25N3O2/c1-16-5-3-8-19(13-16)23(28)26-11-9-25(10-12-26)15-20-14-18-7-4-6-17(2)21(18)24-22(20)27/h3-8,13-14H,9-12,15H2,1-2H3,(H,24,27). The van der Waals surface area contributed by atoms with Crippen LogP contribution in [-0.4, -0.2) is 46.9 Å². The Morgan fingerprint density at radius 1 is 1.00 bits per heavy atom. The number of nitrogens with zero attached hydrogens (tertiary/aromatic N) is 2. The van der Waals surface area contributed by atoms with Gasteiger partial charge in [-0.15, -0.1) is 0 Å². The maximum absolute atomic E-state index is 12.7. The van der Waals surface area contributed by atoms with E-state index in [9.17, 15) is 9.59 Å². The van der Waals surface area contributed by atoms with Crippen molar-refractivity contribution >= 4 is 16.8 Å². The van der Waals surface area contributed by atoms with E-state index in [1.165, 1.54) is 0 Å². The van der Waals surface area contributed by atoms with E-state index in [2.05, 4.69) is 9.88 Å². The Labute approximate surface area is 164 Å². The van der Waals surface area contributed by atoms with Crippen LogP contribution in [0.2, 0.25) is 0 Å². The van der Waals surface area contributed by atoms with E-state index in [0.717, 1.165) is 46.2 Å². The SMILES string of the molecule is Cc1cccc(C(=O)N2CCN(Cc3cc4cccc(C)c4[nH]c3=O)CC2)c1. The van der Waals surface area contributed by atoms with Crippen LogP contribution in [0, 0.1) is 13.8 Å². The molecule has 1 aliphatic heterocycles. The second-order valence-corrected chi connectivity index (χ2v) is 7.60. The molecule has 2 heterocycles. The molecule has 3 aromatic rings. The van der Waals surface area contributed by atoms with Crippen molar-refractivity contribution in [1.29, 1.82) is 0 Å². The van der Waals surface area contributed by atoms with Crippen LogP contribution < -0.4 is 5.56 Å². The number of rotatable bonds is 3. The van der Waals surface area contributed by atoms with Crippen molar-refractivity contribution in [1.82, 2.24) is 14.8 Å². The van der Waals surface area contributed by atoms with Crippen LogP contribution in [0.5, 0.6) is 0 Å². The number of fused-ring (bicyclic) bond motifs is 1. The van der Waals surface area contributed by atoms with Gasteiger partial charge in [-0.3, -0.25) is 14.5 Å². The molecule has 0 atom stereocenters. The summed E-state index contributed by atoms with van der Waals surface area (Å²) in [6.45, 7) is 7.49. The molecular weight excluding hydrogens is 350 g/mol. The Bertz CT molecular complexity index is 1080. The van der Waals surface area contributed by atoms with Gasteiger partial charge in [-0.1, -0.05) is 35.9 Å². The first kappa shape index (κ1) is 18.4. The number of aromatic nitrogens is 1. The molecule has 144 valence electrons. The number of piperazine rings is 1. The highest BCUT2D eigenvalue weighted by Crippen LogP contribution is 2.17. The zero-order chi connectivity index (χ0) is 19.7. The van der Waals surface area contributed by atoms with Crippen molar-refractivity contribution in [3.63, 3.8) is 0 Å². The maximum atomic E-state index is 12.7. The van der Waals surface area contributed by atoms with Gasteiger partial charge < -0.3 is 9.88 Å². The van der Waals surface area contributed by atoms with Crippen molar-refractivity contribution < 1.29 is 4.79 Å². The summed E-state index contributed by atoms with van der Waals surface area (Å²) in [7, 11) is 0. The molecule has 5 heteroatoms. The lowest BCUT2D eigenvalue weighted by Gasteiger charge is -2.34. The lowest BCUT2D eigenvalue weighted by Crippen LogP contribution is -2.48. The summed E-state index contributed by atoms with van der Waals surface area (Å²) < 4.78 is 0. The van der Waals surface area contributed by atoms with Gasteiger partial charge in [0.1, 0.15) is 0 Å². The molecule has 1 fully saturated rings. The third-order valence-corrected chi connectivity index (χ3v) is 5.48. The second-order valence-electron chi connectivity index (χ2n) is 7.60. The number of aromatic amines is 1. The highest BCUT2D eigenvalue weighted by Gasteiger charge is 2.22. The van der Waals surface area contributed by atoms with Gasteiger partial charge in [0.05, 0.1) is 5.52 Å². The molecule has 0 radical (unpaired) electrons. The van der Waals surface area contributed by atoms with Gasteiger partial charge >= 0.3 is 0 Å². The lowest BCUT2D eigenvalue weighted by molar-refractivity contribution is 0.0628. The first-order valence-corrected chi connectivity index (χ1v) is 9.71. The van der Waals surface area contributed by atoms with Gasteiger partial charge in [0.25, 0.3) is 11.5 Å². The van der Waals surface area contributed by atoms with Crippen LogP contribution in [0.3, 0.4) is 0 Å². The molecule has 0 aliphatic carbocycles. The summed E-state index contributed by atoms with van der Waals surface area (Å²) in [6.07, 6.45) is 0. The predicted octanol–water partition coefficient (Wildman–Crippen LogP) is 3.10. The molecule has 0 unspecified atom stereocenters. The van der Waals surface area contributed by atoms with Gasteiger partial charge in [-0.05, 0) is 43.0 Å². The summed E-state index contributed by atoms with van der Waals surface area (Å²) >= 11 is 0. The van der Waals surface area contributed by atoms with Crippen LogP contribution in [0.25, 0.3) is 10.9 Å². The summed E-state index contributed by atoms with van der Waals surface area (Å²) in [6, 6.07) is 15.8. The molecule has 28 heavy (non-hydrogen) atoms. The number of pyridine rings is 1. The van der Waals surface area contributed by atoms with Crippen molar-refractivity contribution in [2.75, 3.05) is 26.2 Å². The van der Waals surface area contributed by atoms with Gasteiger partial charge in [-0.25, -0.2) is 0 Å². The average molecular weight is 375 g/mol. The molecule has 2 aromatic carbocycles. The van der Waals surface area contributed by atoms with E-state index < -0.39 is 0 Å². The minimum Gasteiger partial charge on any atom is -0.336 e. The van der Waals surface area contributed by atoms with Crippen molar-refractivity contribution in [2.24, 2.45) is 0 Å². The number of carbonyl (C=O) groups is 1. The third kappa shape index (κ3) is 3.71. The van der Waals surface area contributed by atoms with E-state index in [0.29, 0.717) is 19.6 Å². The fourth-order valence-corrected chi connectivity index (χ4v) is 3.86. The smallest absolute Gasteiger partial charge is 0.253 e. The number of nitrogens with one attached hydrogen (secondary N) is 1. The predicted molar refractivity (Wildman–Crippen MR) is 112 cm³/mol. The molecule has 1 amide bonds. The van der Waals surface area contributed by atoms with Crippen LogP contribution in [-0.2, 0) is 6.54 Å². The molecule has 0 spiro atoms. The van der Waals surface area contributed by atoms with Gasteiger partial charge in [0.15, 0.2) is 0 Å². The van der Waals surface area contributed by atoms with Crippen LogP contribution in [0.1, 0.15) is 27.0 Å². The summed E-state index contributed by atoms with van der Waals surface area (Å²) in [5.41, 5.74) is 4.57. The maximum Gasteiger partial charge on any atom is 0.253 e. The molecule has 0 saturated carbocycles. The van der Waals surface area contributed by atoms with E-state index in [4.69, 9.17) is 0 Å². The summed E-state index contributed by atoms with van der Waals surface area (Å²) in [4.78, 5) is 32.4. The monoisotopic (exact) mass is 375 g/mol. The van der Waals surface area contributed by atoms with E-state index >= 15 is 0 Å². The first-order chi connectivity index (χ1) is 13.5. The number of carbonyl (C=O) groups excluding carboxylic acids is 1. The normalized spacial score (nSPS) is 15.1. The third-order valence-electron chi connectivity index (χ3n) is 5.48. The molecule has 1 aliphatic rings. The fourth-order valence-electron chi connectivity index (χ4n) is 3.86.